The summed E-state index contributed by atoms with van der Waals surface area (Å²) in [6.07, 6.45) is 0. The minimum atomic E-state index is -3.93. The lowest BCUT2D eigenvalue weighted by atomic mass is 10.1. The predicted molar refractivity (Wildman–Crippen MR) is 145 cm³/mol. The summed E-state index contributed by atoms with van der Waals surface area (Å²) in [5, 5.41) is 5.70. The van der Waals surface area contributed by atoms with E-state index in [9.17, 15) is 18.0 Å². The van der Waals surface area contributed by atoms with E-state index in [2.05, 4.69) is 15.4 Å². The topological polar surface area (TPSA) is 104 Å². The largest absolute Gasteiger partial charge is 0.345 e. The number of anilines is 2. The SMILES string of the molecule is Cc1ccc(C(=O)Nc2ccccc2C(=O)N[C@@H](C)c2ccccc2)cc1S(=O)(=O)Nc1ccccc1. The Hall–Kier alpha value is -4.43. The molecule has 0 bridgehead atoms. The van der Waals surface area contributed by atoms with Gasteiger partial charge >= 0.3 is 0 Å². The molecule has 0 radical (unpaired) electrons. The van der Waals surface area contributed by atoms with Crippen LogP contribution in [-0.4, -0.2) is 20.2 Å². The van der Waals surface area contributed by atoms with Crippen molar-refractivity contribution in [2.75, 3.05) is 10.0 Å². The van der Waals surface area contributed by atoms with Crippen molar-refractivity contribution in [1.82, 2.24) is 5.32 Å². The van der Waals surface area contributed by atoms with E-state index in [1.165, 1.54) is 6.07 Å². The van der Waals surface area contributed by atoms with Gasteiger partial charge in [0, 0.05) is 11.3 Å². The molecule has 0 aliphatic rings. The molecule has 188 valence electrons. The molecular weight excluding hydrogens is 486 g/mol. The van der Waals surface area contributed by atoms with Crippen LogP contribution in [-0.2, 0) is 10.0 Å². The molecule has 3 N–H and O–H groups in total. The van der Waals surface area contributed by atoms with Gasteiger partial charge in [0.05, 0.1) is 22.2 Å². The second-order valence-electron chi connectivity index (χ2n) is 8.56. The van der Waals surface area contributed by atoms with E-state index in [1.54, 1.807) is 73.7 Å². The Morgan fingerprint density at radius 2 is 1.38 bits per heavy atom. The van der Waals surface area contributed by atoms with Gasteiger partial charge in [-0.3, -0.25) is 14.3 Å². The van der Waals surface area contributed by atoms with Gasteiger partial charge < -0.3 is 10.6 Å². The van der Waals surface area contributed by atoms with Crippen LogP contribution in [0.5, 0.6) is 0 Å². The minimum absolute atomic E-state index is 0.00767. The van der Waals surface area contributed by atoms with Gasteiger partial charge in [-0.25, -0.2) is 8.42 Å². The van der Waals surface area contributed by atoms with E-state index >= 15 is 0 Å². The Balaban J connectivity index is 1.54. The summed E-state index contributed by atoms with van der Waals surface area (Å²) in [6, 6.07) is 29.0. The van der Waals surface area contributed by atoms with E-state index in [-0.39, 0.29) is 22.4 Å². The Labute approximate surface area is 216 Å². The van der Waals surface area contributed by atoms with Crippen LogP contribution in [0.3, 0.4) is 0 Å². The van der Waals surface area contributed by atoms with Crippen molar-refractivity contribution in [2.24, 2.45) is 0 Å². The molecule has 1 atom stereocenters. The van der Waals surface area contributed by atoms with Crippen molar-refractivity contribution in [1.29, 1.82) is 0 Å². The van der Waals surface area contributed by atoms with Crippen molar-refractivity contribution in [3.05, 3.63) is 125 Å². The summed E-state index contributed by atoms with van der Waals surface area (Å²) >= 11 is 0. The summed E-state index contributed by atoms with van der Waals surface area (Å²) < 4.78 is 28.6. The highest BCUT2D eigenvalue weighted by Gasteiger charge is 2.21. The first-order chi connectivity index (χ1) is 17.7. The zero-order valence-corrected chi connectivity index (χ0v) is 21.3. The van der Waals surface area contributed by atoms with Crippen LogP contribution in [0.1, 0.15) is 44.8 Å². The molecule has 4 aromatic carbocycles. The fourth-order valence-electron chi connectivity index (χ4n) is 3.83. The maximum absolute atomic E-state index is 13.1. The number of hydrogen-bond acceptors (Lipinski definition) is 4. The van der Waals surface area contributed by atoms with Crippen molar-refractivity contribution < 1.29 is 18.0 Å². The standard InChI is InChI=1S/C29H27N3O4S/c1-20-17-18-23(19-27(20)37(35,36)32-24-13-7-4-8-14-24)28(33)31-26-16-10-9-15-25(26)29(34)30-21(2)22-11-5-3-6-12-22/h3-19,21,32H,1-2H3,(H,30,34)(H,31,33)/t21-/m0/s1. The molecule has 4 rings (SSSR count). The number of hydrogen-bond donors (Lipinski definition) is 3. The van der Waals surface area contributed by atoms with Gasteiger partial charge in [-0.15, -0.1) is 0 Å². The van der Waals surface area contributed by atoms with E-state index in [1.807, 2.05) is 37.3 Å². The number of amides is 2. The number of para-hydroxylation sites is 2. The number of carbonyl (C=O) groups is 2. The lowest BCUT2D eigenvalue weighted by Crippen LogP contribution is -2.28. The van der Waals surface area contributed by atoms with Crippen molar-refractivity contribution in [2.45, 2.75) is 24.8 Å². The third-order valence-corrected chi connectivity index (χ3v) is 7.36. The first kappa shape index (κ1) is 25.7. The van der Waals surface area contributed by atoms with Gasteiger partial charge in [0.15, 0.2) is 0 Å². The smallest absolute Gasteiger partial charge is 0.262 e. The van der Waals surface area contributed by atoms with Crippen LogP contribution in [0, 0.1) is 6.92 Å². The maximum Gasteiger partial charge on any atom is 0.262 e. The predicted octanol–water partition coefficient (Wildman–Crippen LogP) is 5.54. The minimum Gasteiger partial charge on any atom is -0.345 e. The summed E-state index contributed by atoms with van der Waals surface area (Å²) in [6.45, 7) is 3.54. The number of sulfonamides is 1. The van der Waals surface area contributed by atoms with Crippen LogP contribution in [0.25, 0.3) is 0 Å². The highest BCUT2D eigenvalue weighted by Crippen LogP contribution is 2.23. The van der Waals surface area contributed by atoms with Gasteiger partial charge in [0.25, 0.3) is 21.8 Å². The normalized spacial score (nSPS) is 11.8. The average Bonchev–Trinajstić information content (AvgIpc) is 2.90. The molecule has 0 aromatic heterocycles. The molecule has 0 unspecified atom stereocenters. The molecule has 0 heterocycles. The molecule has 0 saturated heterocycles. The molecule has 37 heavy (non-hydrogen) atoms. The highest BCUT2D eigenvalue weighted by molar-refractivity contribution is 7.92. The van der Waals surface area contributed by atoms with Gasteiger partial charge in [0.2, 0.25) is 0 Å². The van der Waals surface area contributed by atoms with Crippen LogP contribution in [0.15, 0.2) is 108 Å². The molecule has 0 aliphatic carbocycles. The van der Waals surface area contributed by atoms with Crippen LogP contribution >= 0.6 is 0 Å². The third-order valence-electron chi connectivity index (χ3n) is 5.83. The summed E-state index contributed by atoms with van der Waals surface area (Å²) in [4.78, 5) is 26.1. The lowest BCUT2D eigenvalue weighted by Gasteiger charge is -2.17. The van der Waals surface area contributed by atoms with Crippen molar-refractivity contribution in [3.8, 4) is 0 Å². The summed E-state index contributed by atoms with van der Waals surface area (Å²) in [7, 11) is -3.93. The summed E-state index contributed by atoms with van der Waals surface area (Å²) in [5.74, 6) is -0.876. The molecule has 0 spiro atoms. The second kappa shape index (κ2) is 11.1. The van der Waals surface area contributed by atoms with Crippen LogP contribution in [0.4, 0.5) is 11.4 Å². The number of benzene rings is 4. The molecule has 0 fully saturated rings. The van der Waals surface area contributed by atoms with Crippen molar-refractivity contribution in [3.63, 3.8) is 0 Å². The molecule has 0 saturated carbocycles. The summed E-state index contributed by atoms with van der Waals surface area (Å²) in [5.41, 5.74) is 2.62. The van der Waals surface area contributed by atoms with Gasteiger partial charge in [-0.2, -0.15) is 0 Å². The number of nitrogens with one attached hydrogen (secondary N) is 3. The van der Waals surface area contributed by atoms with Crippen LogP contribution < -0.4 is 15.4 Å². The van der Waals surface area contributed by atoms with Gasteiger partial charge in [0.1, 0.15) is 0 Å². The fourth-order valence-corrected chi connectivity index (χ4v) is 5.16. The molecule has 2 amide bonds. The van der Waals surface area contributed by atoms with Crippen LogP contribution in [0.2, 0.25) is 0 Å². The maximum atomic E-state index is 13.1. The average molecular weight is 514 g/mol. The third kappa shape index (κ3) is 6.23. The first-order valence-electron chi connectivity index (χ1n) is 11.7. The second-order valence-corrected chi connectivity index (χ2v) is 10.2. The molecule has 8 heteroatoms. The lowest BCUT2D eigenvalue weighted by molar-refractivity contribution is 0.0940. The van der Waals surface area contributed by atoms with Gasteiger partial charge in [-0.1, -0.05) is 66.7 Å². The number of carbonyl (C=O) groups excluding carboxylic acids is 2. The zero-order valence-electron chi connectivity index (χ0n) is 20.4. The van der Waals surface area contributed by atoms with E-state index in [0.29, 0.717) is 22.5 Å². The van der Waals surface area contributed by atoms with E-state index in [4.69, 9.17) is 0 Å². The Kier molecular flexibility index (Phi) is 7.69. The zero-order chi connectivity index (χ0) is 26.4. The Bertz CT molecular complexity index is 1520. The highest BCUT2D eigenvalue weighted by atomic mass is 32.2. The molecular formula is C29H27N3O4S. The quantitative estimate of drug-likeness (QED) is 0.288. The Morgan fingerprint density at radius 1 is 0.757 bits per heavy atom. The molecule has 7 nitrogen and oxygen atoms in total. The number of rotatable bonds is 8. The number of aryl methyl sites for hydroxylation is 1. The molecule has 4 aromatic rings. The Morgan fingerprint density at radius 3 is 2.08 bits per heavy atom. The molecule has 0 aliphatic heterocycles. The van der Waals surface area contributed by atoms with Crippen molar-refractivity contribution >= 4 is 33.2 Å². The van der Waals surface area contributed by atoms with E-state index in [0.717, 1.165) is 5.56 Å². The van der Waals surface area contributed by atoms with Gasteiger partial charge in [-0.05, 0) is 61.4 Å². The fraction of sp³-hybridized carbons (Fsp3) is 0.103. The monoisotopic (exact) mass is 513 g/mol. The van der Waals surface area contributed by atoms with E-state index < -0.39 is 15.9 Å². The first-order valence-corrected chi connectivity index (χ1v) is 13.2.